The number of nitrogens with zero attached hydrogens (tertiary/aromatic N) is 2. The highest BCUT2D eigenvalue weighted by atomic mass is 16.7. The number of hydrogen-bond acceptors (Lipinski definition) is 8. The predicted molar refractivity (Wildman–Crippen MR) is 117 cm³/mol. The summed E-state index contributed by atoms with van der Waals surface area (Å²) in [7, 11) is 0. The van der Waals surface area contributed by atoms with Crippen LogP contribution in [-0.2, 0) is 22.7 Å². The van der Waals surface area contributed by atoms with Crippen molar-refractivity contribution in [3.05, 3.63) is 87.2 Å². The molecule has 0 aliphatic carbocycles. The average molecular weight is 446 g/mol. The van der Waals surface area contributed by atoms with Crippen LogP contribution in [0.15, 0.2) is 59.0 Å². The molecule has 2 aromatic carbocycles. The molecule has 1 aliphatic heterocycles. The Kier molecular flexibility index (Phi) is 5.23. The lowest BCUT2D eigenvalue weighted by Gasteiger charge is -2.20. The minimum atomic E-state index is -0.592. The lowest BCUT2D eigenvalue weighted by molar-refractivity contribution is -0.385. The quantitative estimate of drug-likeness (QED) is 0.241. The fourth-order valence-electron chi connectivity index (χ4n) is 3.76. The Labute approximate surface area is 187 Å². The van der Waals surface area contributed by atoms with Gasteiger partial charge in [0.25, 0.3) is 5.69 Å². The number of fused-ring (bicyclic) bond motifs is 2. The number of benzene rings is 2. The molecule has 1 aliphatic rings. The number of nitro benzene ring substituents is 1. The van der Waals surface area contributed by atoms with Crippen molar-refractivity contribution in [3.63, 3.8) is 0 Å². The van der Waals surface area contributed by atoms with Crippen molar-refractivity contribution in [3.8, 4) is 17.2 Å². The van der Waals surface area contributed by atoms with E-state index in [1.54, 1.807) is 24.3 Å². The third-order valence-electron chi connectivity index (χ3n) is 5.27. The Hall–Kier alpha value is -4.24. The van der Waals surface area contributed by atoms with E-state index in [2.05, 4.69) is 4.98 Å². The molecule has 0 spiro atoms. The molecule has 9 heteroatoms. The number of carbonyl (C=O) groups is 1. The van der Waals surface area contributed by atoms with Crippen LogP contribution in [0.1, 0.15) is 27.2 Å². The first kappa shape index (κ1) is 20.7. The van der Waals surface area contributed by atoms with Crippen LogP contribution >= 0.6 is 0 Å². The van der Waals surface area contributed by atoms with E-state index in [1.807, 2.05) is 25.1 Å². The third-order valence-corrected chi connectivity index (χ3v) is 5.27. The molecule has 0 atom stereocenters. The molecule has 0 fully saturated rings. The zero-order valence-electron chi connectivity index (χ0n) is 17.6. The van der Waals surface area contributed by atoms with Crippen LogP contribution in [0.25, 0.3) is 22.4 Å². The van der Waals surface area contributed by atoms with Gasteiger partial charge in [-0.05, 0) is 31.2 Å². The lowest BCUT2D eigenvalue weighted by Crippen LogP contribution is -2.15. The van der Waals surface area contributed by atoms with Crippen LogP contribution < -0.4 is 4.74 Å². The summed E-state index contributed by atoms with van der Waals surface area (Å²) in [6.45, 7) is 1.83. The summed E-state index contributed by atoms with van der Waals surface area (Å²) in [6, 6.07) is 15.2. The van der Waals surface area contributed by atoms with Gasteiger partial charge in [0, 0.05) is 28.6 Å². The molecular formula is C24H18N2O7. The van der Waals surface area contributed by atoms with E-state index < -0.39 is 10.9 Å². The zero-order chi connectivity index (χ0) is 22.9. The van der Waals surface area contributed by atoms with Crippen LogP contribution in [0.2, 0.25) is 0 Å². The molecule has 4 aromatic rings. The van der Waals surface area contributed by atoms with Crippen LogP contribution in [0.5, 0.6) is 5.75 Å². The van der Waals surface area contributed by atoms with Gasteiger partial charge >= 0.3 is 5.97 Å². The molecule has 33 heavy (non-hydrogen) atoms. The number of rotatable bonds is 5. The molecule has 2 aromatic heterocycles. The van der Waals surface area contributed by atoms with E-state index >= 15 is 0 Å². The third kappa shape index (κ3) is 4.01. The van der Waals surface area contributed by atoms with Crippen molar-refractivity contribution in [2.45, 2.75) is 20.1 Å². The highest BCUT2D eigenvalue weighted by Crippen LogP contribution is 2.33. The summed E-state index contributed by atoms with van der Waals surface area (Å²) in [6.07, 6.45) is 0. The highest BCUT2D eigenvalue weighted by molar-refractivity contribution is 6.04. The van der Waals surface area contributed by atoms with Crippen molar-refractivity contribution in [2.24, 2.45) is 0 Å². The zero-order valence-corrected chi connectivity index (χ0v) is 17.6. The van der Waals surface area contributed by atoms with E-state index in [0.29, 0.717) is 44.8 Å². The SMILES string of the molecule is Cc1ccc(-c2cc(C(=O)OCc3cc([N+](=O)[O-])cc4c3OCOC4)c3ccccc3n2)o1. The van der Waals surface area contributed by atoms with Crippen molar-refractivity contribution in [1.29, 1.82) is 0 Å². The van der Waals surface area contributed by atoms with Crippen molar-refractivity contribution in [1.82, 2.24) is 4.98 Å². The Bertz CT molecular complexity index is 1390. The molecule has 9 nitrogen and oxygen atoms in total. The average Bonchev–Trinajstić information content (AvgIpc) is 3.27. The first-order chi connectivity index (χ1) is 16.0. The van der Waals surface area contributed by atoms with Crippen LogP contribution in [0, 0.1) is 17.0 Å². The Morgan fingerprint density at radius 1 is 1.18 bits per heavy atom. The standard InChI is InChI=1S/C24H18N2O7/c1-14-6-7-22(33-14)21-10-19(18-4-2-3-5-20(18)25-21)24(27)31-12-16-9-17(26(28)29)8-15-11-30-13-32-23(15)16/h2-10H,11-13H2,1H3. The van der Waals surface area contributed by atoms with Gasteiger partial charge in [0.1, 0.15) is 23.8 Å². The van der Waals surface area contributed by atoms with Gasteiger partial charge in [-0.15, -0.1) is 0 Å². The van der Waals surface area contributed by atoms with E-state index in [9.17, 15) is 14.9 Å². The van der Waals surface area contributed by atoms with Gasteiger partial charge in [-0.2, -0.15) is 0 Å². The molecular weight excluding hydrogens is 428 g/mol. The van der Waals surface area contributed by atoms with Crippen molar-refractivity contribution in [2.75, 3.05) is 6.79 Å². The summed E-state index contributed by atoms with van der Waals surface area (Å²) in [4.78, 5) is 28.5. The van der Waals surface area contributed by atoms with Crippen molar-refractivity contribution < 1.29 is 28.3 Å². The van der Waals surface area contributed by atoms with Gasteiger partial charge in [0.15, 0.2) is 12.6 Å². The Morgan fingerprint density at radius 2 is 2.03 bits per heavy atom. The van der Waals surface area contributed by atoms with Gasteiger partial charge in [-0.25, -0.2) is 9.78 Å². The summed E-state index contributed by atoms with van der Waals surface area (Å²) < 4.78 is 22.0. The second kappa shape index (κ2) is 8.36. The number of non-ortho nitro benzene ring substituents is 1. The van der Waals surface area contributed by atoms with Gasteiger partial charge in [-0.3, -0.25) is 10.1 Å². The minimum absolute atomic E-state index is 0.0205. The maximum Gasteiger partial charge on any atom is 0.339 e. The first-order valence-electron chi connectivity index (χ1n) is 10.1. The van der Waals surface area contributed by atoms with Gasteiger partial charge in [-0.1, -0.05) is 18.2 Å². The highest BCUT2D eigenvalue weighted by Gasteiger charge is 2.23. The smallest absolute Gasteiger partial charge is 0.339 e. The minimum Gasteiger partial charge on any atom is -0.467 e. The second-order valence-corrected chi connectivity index (χ2v) is 7.52. The number of aromatic nitrogens is 1. The molecule has 0 radical (unpaired) electrons. The van der Waals surface area contributed by atoms with Crippen LogP contribution in [0.4, 0.5) is 5.69 Å². The molecule has 0 saturated heterocycles. The number of ether oxygens (including phenoxy) is 3. The molecule has 0 amide bonds. The molecule has 0 saturated carbocycles. The monoisotopic (exact) mass is 446 g/mol. The number of esters is 1. The summed E-state index contributed by atoms with van der Waals surface area (Å²) >= 11 is 0. The molecule has 0 bridgehead atoms. The molecule has 5 rings (SSSR count). The number of carbonyl (C=O) groups excluding carboxylic acids is 1. The normalized spacial score (nSPS) is 12.8. The van der Waals surface area contributed by atoms with E-state index in [1.165, 1.54) is 12.1 Å². The Balaban J connectivity index is 1.49. The number of aryl methyl sites for hydroxylation is 1. The fraction of sp³-hybridized carbons (Fsp3) is 0.167. The fourth-order valence-corrected chi connectivity index (χ4v) is 3.76. The first-order valence-corrected chi connectivity index (χ1v) is 10.1. The van der Waals surface area contributed by atoms with Gasteiger partial charge < -0.3 is 18.6 Å². The van der Waals surface area contributed by atoms with Crippen molar-refractivity contribution >= 4 is 22.6 Å². The van der Waals surface area contributed by atoms with Crippen LogP contribution in [0.3, 0.4) is 0 Å². The topological polar surface area (TPSA) is 114 Å². The van der Waals surface area contributed by atoms with Gasteiger partial charge in [0.05, 0.1) is 22.6 Å². The largest absolute Gasteiger partial charge is 0.467 e. The second-order valence-electron chi connectivity index (χ2n) is 7.52. The lowest BCUT2D eigenvalue weighted by atomic mass is 10.1. The molecule has 3 heterocycles. The maximum absolute atomic E-state index is 13.1. The van der Waals surface area contributed by atoms with Crippen LogP contribution in [-0.4, -0.2) is 22.7 Å². The number of hydrogen-bond donors (Lipinski definition) is 0. The van der Waals surface area contributed by atoms with E-state index in [4.69, 9.17) is 18.6 Å². The number of pyridine rings is 1. The van der Waals surface area contributed by atoms with E-state index in [-0.39, 0.29) is 25.7 Å². The summed E-state index contributed by atoms with van der Waals surface area (Å²) in [5, 5.41) is 11.9. The summed E-state index contributed by atoms with van der Waals surface area (Å²) in [5.74, 6) is 1.10. The van der Waals surface area contributed by atoms with E-state index in [0.717, 1.165) is 5.76 Å². The number of nitro groups is 1. The number of para-hydroxylation sites is 1. The molecule has 0 N–H and O–H groups in total. The maximum atomic E-state index is 13.1. The number of furan rings is 1. The summed E-state index contributed by atoms with van der Waals surface area (Å²) in [5.41, 5.74) is 2.24. The van der Waals surface area contributed by atoms with Gasteiger partial charge in [0.2, 0.25) is 0 Å². The molecule has 166 valence electrons. The molecule has 0 unspecified atom stereocenters. The Morgan fingerprint density at radius 3 is 2.82 bits per heavy atom. The predicted octanol–water partition coefficient (Wildman–Crippen LogP) is 4.93.